The van der Waals surface area contributed by atoms with Crippen LogP contribution >= 0.6 is 11.6 Å². The molecule has 2 heterocycles. The molecule has 1 aromatic heterocycles. The van der Waals surface area contributed by atoms with Crippen LogP contribution in [0.1, 0.15) is 23.2 Å². The van der Waals surface area contributed by atoms with E-state index in [4.69, 9.17) is 11.6 Å². The summed E-state index contributed by atoms with van der Waals surface area (Å²) < 4.78 is 0. The van der Waals surface area contributed by atoms with E-state index in [9.17, 15) is 9.59 Å². The van der Waals surface area contributed by atoms with Crippen LogP contribution in [0.2, 0.25) is 0 Å². The number of aromatic nitrogens is 1. The molecule has 1 aliphatic rings. The van der Waals surface area contributed by atoms with E-state index >= 15 is 0 Å². The molecule has 1 amide bonds. The monoisotopic (exact) mass is 240 g/mol. The van der Waals surface area contributed by atoms with Gasteiger partial charge in [-0.3, -0.25) is 9.59 Å². The molecule has 0 aromatic carbocycles. The summed E-state index contributed by atoms with van der Waals surface area (Å²) in [6, 6.07) is 3.03. The number of amides is 1. The topological polar surface area (TPSA) is 53.2 Å². The van der Waals surface area contributed by atoms with Gasteiger partial charge in [0.2, 0.25) is 5.56 Å². The highest BCUT2D eigenvalue weighted by Crippen LogP contribution is 2.20. The molecule has 16 heavy (non-hydrogen) atoms. The van der Waals surface area contributed by atoms with Gasteiger partial charge in [-0.05, 0) is 18.9 Å². The number of pyridine rings is 1. The van der Waals surface area contributed by atoms with Crippen LogP contribution in [0.4, 0.5) is 0 Å². The van der Waals surface area contributed by atoms with Crippen molar-refractivity contribution in [1.82, 2.24) is 9.88 Å². The summed E-state index contributed by atoms with van der Waals surface area (Å²) in [5, 5.41) is 0. The quantitative estimate of drug-likeness (QED) is 0.791. The summed E-state index contributed by atoms with van der Waals surface area (Å²) in [4.78, 5) is 27.2. The molecule has 1 atom stereocenters. The third-order valence-corrected chi connectivity index (χ3v) is 3.20. The van der Waals surface area contributed by atoms with Crippen LogP contribution in [0.5, 0.6) is 0 Å². The number of halogens is 1. The normalized spacial score (nSPS) is 20.1. The van der Waals surface area contributed by atoms with Gasteiger partial charge in [-0.2, -0.15) is 0 Å². The molecular formula is C11H13ClN2O2. The minimum absolute atomic E-state index is 0.0561. The van der Waals surface area contributed by atoms with Gasteiger partial charge in [0.15, 0.2) is 0 Å². The third kappa shape index (κ3) is 2.11. The summed E-state index contributed by atoms with van der Waals surface area (Å²) in [7, 11) is 0. The van der Waals surface area contributed by atoms with Crippen molar-refractivity contribution in [3.63, 3.8) is 0 Å². The van der Waals surface area contributed by atoms with E-state index in [0.717, 1.165) is 19.4 Å². The molecule has 0 spiro atoms. The molecule has 1 N–H and O–H groups in total. The van der Waals surface area contributed by atoms with Crippen LogP contribution in [0, 0.1) is 0 Å². The number of aromatic amines is 1. The second-order valence-corrected chi connectivity index (χ2v) is 4.20. The second-order valence-electron chi connectivity index (χ2n) is 3.89. The molecule has 2 rings (SSSR count). The minimum atomic E-state index is -0.202. The maximum absolute atomic E-state index is 12.1. The first-order valence-corrected chi connectivity index (χ1v) is 5.81. The molecule has 0 aliphatic carbocycles. The summed E-state index contributed by atoms with van der Waals surface area (Å²) in [5.74, 6) is 0.411. The number of H-pyrrole nitrogens is 1. The van der Waals surface area contributed by atoms with E-state index in [1.54, 1.807) is 11.0 Å². The Balaban J connectivity index is 2.18. The van der Waals surface area contributed by atoms with Crippen molar-refractivity contribution in [1.29, 1.82) is 0 Å². The molecule has 1 aliphatic heterocycles. The van der Waals surface area contributed by atoms with Crippen molar-refractivity contribution in [3.05, 3.63) is 34.2 Å². The van der Waals surface area contributed by atoms with Crippen LogP contribution in [-0.4, -0.2) is 34.3 Å². The maximum atomic E-state index is 12.1. The zero-order valence-corrected chi connectivity index (χ0v) is 9.54. The first kappa shape index (κ1) is 11.2. The largest absolute Gasteiger partial charge is 0.334 e. The highest BCUT2D eigenvalue weighted by molar-refractivity contribution is 6.18. The van der Waals surface area contributed by atoms with Gasteiger partial charge in [0, 0.05) is 30.7 Å². The van der Waals surface area contributed by atoms with E-state index in [1.165, 1.54) is 12.3 Å². The number of carbonyl (C=O) groups excluding carboxylic acids is 1. The Morgan fingerprint density at radius 2 is 2.38 bits per heavy atom. The van der Waals surface area contributed by atoms with Crippen LogP contribution in [0.15, 0.2) is 23.1 Å². The van der Waals surface area contributed by atoms with E-state index in [1.807, 2.05) is 0 Å². The molecular weight excluding hydrogens is 228 g/mol. The first-order valence-electron chi connectivity index (χ1n) is 5.28. The second kappa shape index (κ2) is 4.70. The number of rotatable bonds is 2. The van der Waals surface area contributed by atoms with Gasteiger partial charge in [-0.15, -0.1) is 11.6 Å². The van der Waals surface area contributed by atoms with E-state index in [-0.39, 0.29) is 17.5 Å². The number of hydrogen-bond donors (Lipinski definition) is 1. The summed E-state index contributed by atoms with van der Waals surface area (Å²) >= 11 is 5.81. The van der Waals surface area contributed by atoms with Gasteiger partial charge in [-0.25, -0.2) is 0 Å². The maximum Gasteiger partial charge on any atom is 0.255 e. The van der Waals surface area contributed by atoms with Gasteiger partial charge < -0.3 is 9.88 Å². The van der Waals surface area contributed by atoms with Crippen molar-refractivity contribution in [2.75, 3.05) is 12.4 Å². The molecule has 1 aromatic rings. The van der Waals surface area contributed by atoms with Gasteiger partial charge >= 0.3 is 0 Å². The molecule has 0 bridgehead atoms. The first-order chi connectivity index (χ1) is 7.72. The standard InChI is InChI=1S/C11H13ClN2O2/c12-6-9-2-1-5-14(9)11(16)8-3-4-10(15)13-7-8/h3-4,7,9H,1-2,5-6H2,(H,13,15). The fourth-order valence-electron chi connectivity index (χ4n) is 1.97. The number of carbonyl (C=O) groups is 1. The Hall–Kier alpha value is -1.29. The smallest absolute Gasteiger partial charge is 0.255 e. The minimum Gasteiger partial charge on any atom is -0.334 e. The van der Waals surface area contributed by atoms with Crippen molar-refractivity contribution >= 4 is 17.5 Å². The van der Waals surface area contributed by atoms with Gasteiger partial charge in [0.1, 0.15) is 0 Å². The molecule has 5 heteroatoms. The Labute approximate surface area is 98.2 Å². The number of likely N-dealkylation sites (tertiary alicyclic amines) is 1. The van der Waals surface area contributed by atoms with Crippen molar-refractivity contribution in [2.45, 2.75) is 18.9 Å². The Morgan fingerprint density at radius 1 is 1.56 bits per heavy atom. The third-order valence-electron chi connectivity index (χ3n) is 2.85. The predicted octanol–water partition coefficient (Wildman–Crippen LogP) is 1.22. The van der Waals surface area contributed by atoms with Crippen LogP contribution in [0.3, 0.4) is 0 Å². The molecule has 1 fully saturated rings. The fourth-order valence-corrected chi connectivity index (χ4v) is 2.29. The predicted molar refractivity (Wildman–Crippen MR) is 61.8 cm³/mol. The highest BCUT2D eigenvalue weighted by Gasteiger charge is 2.28. The lowest BCUT2D eigenvalue weighted by Gasteiger charge is -2.22. The Bertz CT molecular complexity index is 423. The number of nitrogens with one attached hydrogen (secondary N) is 1. The fraction of sp³-hybridized carbons (Fsp3) is 0.455. The van der Waals surface area contributed by atoms with Crippen LogP contribution in [-0.2, 0) is 0 Å². The lowest BCUT2D eigenvalue weighted by atomic mass is 10.2. The SMILES string of the molecule is O=C(c1ccc(=O)[nH]c1)N1CCCC1CCl. The molecule has 0 saturated carbocycles. The number of nitrogens with zero attached hydrogens (tertiary/aromatic N) is 1. The average molecular weight is 241 g/mol. The van der Waals surface area contributed by atoms with E-state index < -0.39 is 0 Å². The summed E-state index contributed by atoms with van der Waals surface area (Å²) in [5.41, 5.74) is 0.309. The lowest BCUT2D eigenvalue weighted by molar-refractivity contribution is 0.0748. The molecule has 86 valence electrons. The van der Waals surface area contributed by atoms with Crippen molar-refractivity contribution in [2.24, 2.45) is 0 Å². The molecule has 0 radical (unpaired) electrons. The zero-order chi connectivity index (χ0) is 11.5. The highest BCUT2D eigenvalue weighted by atomic mass is 35.5. The summed E-state index contributed by atoms with van der Waals surface area (Å²) in [6.45, 7) is 0.745. The average Bonchev–Trinajstić information content (AvgIpc) is 2.77. The van der Waals surface area contributed by atoms with Crippen LogP contribution in [0.25, 0.3) is 0 Å². The van der Waals surface area contributed by atoms with Crippen molar-refractivity contribution in [3.8, 4) is 0 Å². The van der Waals surface area contributed by atoms with Crippen molar-refractivity contribution < 1.29 is 4.79 Å². The Morgan fingerprint density at radius 3 is 3.00 bits per heavy atom. The zero-order valence-electron chi connectivity index (χ0n) is 8.78. The van der Waals surface area contributed by atoms with Gasteiger partial charge in [-0.1, -0.05) is 0 Å². The number of hydrogen-bond acceptors (Lipinski definition) is 2. The van der Waals surface area contributed by atoms with Crippen LogP contribution < -0.4 is 5.56 Å². The van der Waals surface area contributed by atoms with E-state index in [2.05, 4.69) is 4.98 Å². The molecule has 4 nitrogen and oxygen atoms in total. The number of alkyl halides is 1. The summed E-state index contributed by atoms with van der Waals surface area (Å²) in [6.07, 6.45) is 3.40. The van der Waals surface area contributed by atoms with Gasteiger partial charge in [0.05, 0.1) is 5.56 Å². The Kier molecular flexibility index (Phi) is 3.29. The van der Waals surface area contributed by atoms with Gasteiger partial charge in [0.25, 0.3) is 5.91 Å². The lowest BCUT2D eigenvalue weighted by Crippen LogP contribution is -2.36. The molecule has 1 saturated heterocycles. The van der Waals surface area contributed by atoms with E-state index in [0.29, 0.717) is 11.4 Å². The molecule has 1 unspecified atom stereocenters.